The molecule has 0 aliphatic carbocycles. The lowest BCUT2D eigenvalue weighted by Gasteiger charge is -2.19. The first kappa shape index (κ1) is 25.0. The highest BCUT2D eigenvalue weighted by molar-refractivity contribution is 5.96. The van der Waals surface area contributed by atoms with Crippen molar-refractivity contribution in [3.05, 3.63) is 60.2 Å². The number of rotatable bonds is 14. The minimum atomic E-state index is -0.894. The van der Waals surface area contributed by atoms with Gasteiger partial charge in [0.05, 0.1) is 6.04 Å². The minimum absolute atomic E-state index is 0.00962. The Balaban J connectivity index is 1.34. The van der Waals surface area contributed by atoms with E-state index in [1.54, 1.807) is 12.1 Å². The van der Waals surface area contributed by atoms with Gasteiger partial charge in [0.2, 0.25) is 0 Å². The van der Waals surface area contributed by atoms with Crippen LogP contribution in [-0.2, 0) is 4.79 Å². The molecule has 0 radical (unpaired) electrons. The summed E-state index contributed by atoms with van der Waals surface area (Å²) in [6, 6.07) is 16.7. The zero-order valence-electron chi connectivity index (χ0n) is 20.1. The zero-order valence-corrected chi connectivity index (χ0v) is 20.1. The number of carbonyl (C=O) groups is 2. The second-order valence-electron chi connectivity index (χ2n) is 8.56. The van der Waals surface area contributed by atoms with Crippen LogP contribution in [0.1, 0.15) is 55.8 Å². The number of carboxylic acid groups (broad SMARTS) is 1. The third kappa shape index (κ3) is 6.71. The first-order chi connectivity index (χ1) is 17.5. The van der Waals surface area contributed by atoms with Gasteiger partial charge in [-0.2, -0.15) is 0 Å². The van der Waals surface area contributed by atoms with Crippen molar-refractivity contribution in [3.8, 4) is 17.7 Å². The molecule has 1 atom stereocenters. The van der Waals surface area contributed by atoms with Crippen molar-refractivity contribution in [2.45, 2.75) is 51.5 Å². The number of nitrogens with one attached hydrogen (secondary N) is 1. The Bertz CT molecular complexity index is 1260. The number of aliphatic carboxylic acids is 1. The summed E-state index contributed by atoms with van der Waals surface area (Å²) < 4.78 is 17.2. The fourth-order valence-corrected chi connectivity index (χ4v) is 3.81. The van der Waals surface area contributed by atoms with E-state index in [4.69, 9.17) is 18.7 Å². The fourth-order valence-electron chi connectivity index (χ4n) is 3.81. The molecule has 4 rings (SSSR count). The van der Waals surface area contributed by atoms with Crippen LogP contribution in [0.2, 0.25) is 0 Å². The Morgan fingerprint density at radius 3 is 2.58 bits per heavy atom. The number of para-hydroxylation sites is 1. The van der Waals surface area contributed by atoms with Gasteiger partial charge in [0.25, 0.3) is 5.89 Å². The van der Waals surface area contributed by atoms with Gasteiger partial charge in [0.15, 0.2) is 11.5 Å². The Kier molecular flexibility index (Phi) is 8.33. The number of aromatic nitrogens is 2. The molecule has 0 fully saturated rings. The molecule has 9 heteroatoms. The SMILES string of the molecule is CCCC[C@@H](COc1nnc(-c2cc3ccccc3o2)o1)Nc1ccc(C(=O)CCCC(=O)O)cc1. The predicted octanol–water partition coefficient (Wildman–Crippen LogP) is 5.97. The van der Waals surface area contributed by atoms with E-state index in [9.17, 15) is 9.59 Å². The standard InChI is InChI=1S/C27H29N3O6/c1-2-3-8-21(28-20-14-12-18(13-15-20)22(31)9-6-11-25(32)33)17-34-27-30-29-26(36-27)24-16-19-7-4-5-10-23(19)35-24/h4-5,7,10,12-16,21,28H,2-3,6,8-9,11,17H2,1H3,(H,32,33)/t21-/m0/s1. The number of benzene rings is 2. The summed E-state index contributed by atoms with van der Waals surface area (Å²) in [5, 5.41) is 21.1. The quantitative estimate of drug-likeness (QED) is 0.205. The van der Waals surface area contributed by atoms with Crippen molar-refractivity contribution in [3.63, 3.8) is 0 Å². The van der Waals surface area contributed by atoms with Crippen molar-refractivity contribution in [2.75, 3.05) is 11.9 Å². The summed E-state index contributed by atoms with van der Waals surface area (Å²) in [5.41, 5.74) is 2.16. The number of ether oxygens (including phenoxy) is 1. The van der Waals surface area contributed by atoms with Crippen LogP contribution in [0, 0.1) is 0 Å². The lowest BCUT2D eigenvalue weighted by molar-refractivity contribution is -0.137. The van der Waals surface area contributed by atoms with Gasteiger partial charge < -0.3 is 24.0 Å². The normalized spacial score (nSPS) is 11.9. The second-order valence-corrected chi connectivity index (χ2v) is 8.56. The maximum absolute atomic E-state index is 12.3. The third-order valence-electron chi connectivity index (χ3n) is 5.73. The van der Waals surface area contributed by atoms with Gasteiger partial charge in [-0.25, -0.2) is 0 Å². The molecule has 2 aromatic heterocycles. The highest BCUT2D eigenvalue weighted by Crippen LogP contribution is 2.28. The summed E-state index contributed by atoms with van der Waals surface area (Å²) in [5.74, 6) is -0.223. The van der Waals surface area contributed by atoms with E-state index in [1.807, 2.05) is 42.5 Å². The van der Waals surface area contributed by atoms with E-state index >= 15 is 0 Å². The molecule has 0 aliphatic rings. The number of hydrogen-bond donors (Lipinski definition) is 2. The van der Waals surface area contributed by atoms with Crippen LogP contribution >= 0.6 is 0 Å². The summed E-state index contributed by atoms with van der Waals surface area (Å²) in [6.45, 7) is 2.44. The first-order valence-electron chi connectivity index (χ1n) is 12.1. The maximum atomic E-state index is 12.3. The number of fused-ring (bicyclic) bond motifs is 1. The van der Waals surface area contributed by atoms with Crippen LogP contribution in [0.3, 0.4) is 0 Å². The molecule has 0 saturated heterocycles. The summed E-state index contributed by atoms with van der Waals surface area (Å²) in [7, 11) is 0. The first-order valence-corrected chi connectivity index (χ1v) is 12.1. The van der Waals surface area contributed by atoms with E-state index in [-0.39, 0.29) is 36.6 Å². The van der Waals surface area contributed by atoms with Crippen LogP contribution in [0.5, 0.6) is 6.08 Å². The number of ketones is 1. The van der Waals surface area contributed by atoms with E-state index in [1.165, 1.54) is 0 Å². The molecule has 0 bridgehead atoms. The van der Waals surface area contributed by atoms with E-state index in [2.05, 4.69) is 22.4 Å². The number of carboxylic acids is 1. The molecule has 9 nitrogen and oxygen atoms in total. The highest BCUT2D eigenvalue weighted by atomic mass is 16.6. The Morgan fingerprint density at radius 2 is 1.83 bits per heavy atom. The van der Waals surface area contributed by atoms with Gasteiger partial charge in [0, 0.05) is 29.5 Å². The van der Waals surface area contributed by atoms with Crippen LogP contribution < -0.4 is 10.1 Å². The molecule has 4 aromatic rings. The smallest absolute Gasteiger partial charge is 0.415 e. The number of furan rings is 1. The van der Waals surface area contributed by atoms with Crippen molar-refractivity contribution >= 4 is 28.4 Å². The maximum Gasteiger partial charge on any atom is 0.415 e. The van der Waals surface area contributed by atoms with Crippen LogP contribution in [-0.4, -0.2) is 39.7 Å². The van der Waals surface area contributed by atoms with Crippen LogP contribution in [0.15, 0.2) is 63.4 Å². The lowest BCUT2D eigenvalue weighted by atomic mass is 10.0. The Hall–Kier alpha value is -4.14. The average molecular weight is 492 g/mol. The van der Waals surface area contributed by atoms with Gasteiger partial charge >= 0.3 is 12.0 Å². The summed E-state index contributed by atoms with van der Waals surface area (Å²) >= 11 is 0. The molecule has 2 heterocycles. The summed E-state index contributed by atoms with van der Waals surface area (Å²) in [6.07, 6.45) is 3.52. The number of nitrogens with zero attached hydrogens (tertiary/aromatic N) is 2. The molecule has 2 N–H and O–H groups in total. The summed E-state index contributed by atoms with van der Waals surface area (Å²) in [4.78, 5) is 22.9. The largest absolute Gasteiger partial charge is 0.481 e. The van der Waals surface area contributed by atoms with Crippen LogP contribution in [0.4, 0.5) is 5.69 Å². The van der Waals surface area contributed by atoms with E-state index < -0.39 is 5.97 Å². The highest BCUT2D eigenvalue weighted by Gasteiger charge is 2.17. The predicted molar refractivity (Wildman–Crippen MR) is 134 cm³/mol. The van der Waals surface area contributed by atoms with Gasteiger partial charge in [-0.15, -0.1) is 5.10 Å². The topological polar surface area (TPSA) is 128 Å². The zero-order chi connectivity index (χ0) is 25.3. The van der Waals surface area contributed by atoms with Crippen molar-refractivity contribution in [2.24, 2.45) is 0 Å². The van der Waals surface area contributed by atoms with Crippen LogP contribution in [0.25, 0.3) is 22.6 Å². The minimum Gasteiger partial charge on any atom is -0.481 e. The molecular formula is C27H29N3O6. The fraction of sp³-hybridized carbons (Fsp3) is 0.333. The molecule has 0 unspecified atom stereocenters. The van der Waals surface area contributed by atoms with Gasteiger partial charge in [-0.3, -0.25) is 9.59 Å². The Morgan fingerprint density at radius 1 is 1.03 bits per heavy atom. The molecule has 36 heavy (non-hydrogen) atoms. The van der Waals surface area contributed by atoms with Gasteiger partial charge in [-0.05, 0) is 49.2 Å². The van der Waals surface area contributed by atoms with E-state index in [0.717, 1.165) is 35.9 Å². The number of anilines is 1. The Labute approximate surface area is 208 Å². The van der Waals surface area contributed by atoms with Gasteiger partial charge in [-0.1, -0.05) is 43.1 Å². The number of hydrogen-bond acceptors (Lipinski definition) is 8. The van der Waals surface area contributed by atoms with E-state index in [0.29, 0.717) is 24.4 Å². The molecule has 2 aromatic carbocycles. The monoisotopic (exact) mass is 491 g/mol. The second kappa shape index (κ2) is 12.0. The molecule has 0 spiro atoms. The molecule has 0 saturated carbocycles. The third-order valence-corrected chi connectivity index (χ3v) is 5.73. The molecule has 188 valence electrons. The molecule has 0 aliphatic heterocycles. The number of carbonyl (C=O) groups excluding carboxylic acids is 1. The van der Waals surface area contributed by atoms with Crippen molar-refractivity contribution < 1.29 is 28.3 Å². The average Bonchev–Trinajstić information content (AvgIpc) is 3.53. The molecular weight excluding hydrogens is 462 g/mol. The number of unbranched alkanes of at least 4 members (excludes halogenated alkanes) is 1. The number of Topliss-reactive ketones (excluding diaryl/α,β-unsaturated/α-hetero) is 1. The van der Waals surface area contributed by atoms with Crippen molar-refractivity contribution in [1.82, 2.24) is 10.2 Å². The lowest BCUT2D eigenvalue weighted by Crippen LogP contribution is -2.27. The van der Waals surface area contributed by atoms with Crippen molar-refractivity contribution in [1.29, 1.82) is 0 Å². The molecule has 0 amide bonds. The van der Waals surface area contributed by atoms with Gasteiger partial charge in [0.1, 0.15) is 12.2 Å².